The highest BCUT2D eigenvalue weighted by Gasteiger charge is 2.33. The van der Waals surface area contributed by atoms with E-state index >= 15 is 0 Å². The van der Waals surface area contributed by atoms with E-state index in [-0.39, 0.29) is 30.3 Å². The van der Waals surface area contributed by atoms with Gasteiger partial charge in [0.15, 0.2) is 0 Å². The largest absolute Gasteiger partial charge is 0.468 e. The predicted octanol–water partition coefficient (Wildman–Crippen LogP) is 3.41. The van der Waals surface area contributed by atoms with Gasteiger partial charge >= 0.3 is 6.18 Å². The maximum absolute atomic E-state index is 12.9. The number of rotatable bonds is 10. The number of nitrogens with one attached hydrogen (secondary N) is 3. The molecule has 0 unspecified atom stereocenters. The van der Waals surface area contributed by atoms with E-state index in [2.05, 4.69) is 20.3 Å². The van der Waals surface area contributed by atoms with Gasteiger partial charge in [-0.2, -0.15) is 13.2 Å². The van der Waals surface area contributed by atoms with Gasteiger partial charge in [-0.05, 0) is 48.0 Å². The van der Waals surface area contributed by atoms with E-state index in [1.54, 1.807) is 12.1 Å². The van der Waals surface area contributed by atoms with Crippen LogP contribution in [0.3, 0.4) is 0 Å². The Morgan fingerprint density at radius 1 is 1.06 bits per heavy atom. The number of alkyl halides is 3. The van der Waals surface area contributed by atoms with Gasteiger partial charge in [0.2, 0.25) is 15.9 Å². The van der Waals surface area contributed by atoms with Gasteiger partial charge in [0.25, 0.3) is 0 Å². The molecule has 0 saturated heterocycles. The minimum Gasteiger partial charge on any atom is -0.468 e. The molecule has 0 aliphatic carbocycles. The number of carbonyl (C=O) groups excluding carboxylic acids is 1. The second-order valence-electron chi connectivity index (χ2n) is 6.92. The van der Waals surface area contributed by atoms with Crippen molar-refractivity contribution in [1.29, 1.82) is 0 Å². The summed E-state index contributed by atoms with van der Waals surface area (Å²) < 4.78 is 71.0. The van der Waals surface area contributed by atoms with Gasteiger partial charge in [-0.3, -0.25) is 4.79 Å². The maximum atomic E-state index is 12.9. The first-order chi connectivity index (χ1) is 16.1. The van der Waals surface area contributed by atoms with Crippen molar-refractivity contribution in [2.75, 3.05) is 18.4 Å². The van der Waals surface area contributed by atoms with Crippen molar-refractivity contribution >= 4 is 27.8 Å². The highest BCUT2D eigenvalue weighted by molar-refractivity contribution is 7.89. The molecule has 2 heterocycles. The molecule has 0 spiro atoms. The summed E-state index contributed by atoms with van der Waals surface area (Å²) in [6.07, 6.45) is 0.871. The Kier molecular flexibility index (Phi) is 8.08. The molecular weight excluding hydrogens is 473 g/mol. The number of nitrogens with zero attached hydrogens (tertiary/aromatic N) is 1. The van der Waals surface area contributed by atoms with Crippen LogP contribution in [0, 0.1) is 0 Å². The van der Waals surface area contributed by atoms with E-state index in [1.807, 2.05) is 0 Å². The molecule has 3 N–H and O–H groups in total. The number of anilines is 1. The van der Waals surface area contributed by atoms with Crippen LogP contribution >= 0.6 is 0 Å². The van der Waals surface area contributed by atoms with Crippen LogP contribution in [0.5, 0.6) is 0 Å². The number of carbonyl (C=O) groups is 1. The number of hydrogen-bond donors (Lipinski definition) is 3. The second kappa shape index (κ2) is 11.0. The molecule has 180 valence electrons. The molecule has 2 aromatic heterocycles. The van der Waals surface area contributed by atoms with Gasteiger partial charge < -0.3 is 15.1 Å². The van der Waals surface area contributed by atoms with E-state index in [0.717, 1.165) is 6.07 Å². The molecule has 8 nitrogen and oxygen atoms in total. The average molecular weight is 494 g/mol. The normalized spacial score (nSPS) is 12.1. The first-order valence-electron chi connectivity index (χ1n) is 9.99. The van der Waals surface area contributed by atoms with Gasteiger partial charge in [-0.1, -0.05) is 12.1 Å². The van der Waals surface area contributed by atoms with E-state index in [4.69, 9.17) is 4.42 Å². The summed E-state index contributed by atoms with van der Waals surface area (Å²) in [4.78, 5) is 15.7. The number of sulfonamides is 1. The Balaban J connectivity index is 1.46. The van der Waals surface area contributed by atoms with Gasteiger partial charge in [-0.15, -0.1) is 0 Å². The topological polar surface area (TPSA) is 113 Å². The number of halogens is 3. The van der Waals surface area contributed by atoms with Crippen molar-refractivity contribution < 1.29 is 30.8 Å². The predicted molar refractivity (Wildman–Crippen MR) is 119 cm³/mol. The summed E-state index contributed by atoms with van der Waals surface area (Å²) in [7, 11) is -3.73. The molecule has 0 fully saturated rings. The van der Waals surface area contributed by atoms with Crippen molar-refractivity contribution in [2.24, 2.45) is 0 Å². The third kappa shape index (κ3) is 7.18. The molecule has 3 rings (SSSR count). The fourth-order valence-electron chi connectivity index (χ4n) is 2.79. The van der Waals surface area contributed by atoms with Crippen molar-refractivity contribution in [1.82, 2.24) is 15.0 Å². The summed E-state index contributed by atoms with van der Waals surface area (Å²) in [5, 5.41) is 5.08. The smallest absolute Gasteiger partial charge is 0.419 e. The van der Waals surface area contributed by atoms with Crippen molar-refractivity contribution in [3.8, 4) is 0 Å². The van der Waals surface area contributed by atoms with Crippen LogP contribution in [0.2, 0.25) is 0 Å². The number of pyridine rings is 1. The zero-order chi connectivity index (χ0) is 24.6. The lowest BCUT2D eigenvalue weighted by Crippen LogP contribution is -2.27. The Bertz CT molecular complexity index is 1230. The fourth-order valence-corrected chi connectivity index (χ4v) is 3.79. The highest BCUT2D eigenvalue weighted by Crippen LogP contribution is 2.33. The molecule has 12 heteroatoms. The van der Waals surface area contributed by atoms with Crippen LogP contribution in [-0.4, -0.2) is 32.4 Å². The summed E-state index contributed by atoms with van der Waals surface area (Å²) in [6, 6.07) is 11.3. The van der Waals surface area contributed by atoms with Crippen LogP contribution in [0.4, 0.5) is 19.0 Å². The molecule has 0 atom stereocenters. The number of aromatic nitrogens is 1. The van der Waals surface area contributed by atoms with Crippen molar-refractivity contribution in [3.63, 3.8) is 0 Å². The lowest BCUT2D eigenvalue weighted by molar-refractivity contribution is -0.137. The SMILES string of the molecule is O=C(/C=C/c1ccc(S(=O)(=O)NCc2ccco2)cc1)NCCNc1ncccc1C(F)(F)F. The Morgan fingerprint density at radius 2 is 1.82 bits per heavy atom. The number of furan rings is 1. The first kappa shape index (κ1) is 25.0. The molecule has 1 amide bonds. The highest BCUT2D eigenvalue weighted by atomic mass is 32.2. The van der Waals surface area contributed by atoms with E-state index < -0.39 is 27.7 Å². The second-order valence-corrected chi connectivity index (χ2v) is 8.69. The molecule has 0 saturated carbocycles. The third-order valence-electron chi connectivity index (χ3n) is 4.46. The van der Waals surface area contributed by atoms with Crippen LogP contribution in [0.25, 0.3) is 6.08 Å². The molecule has 1 aromatic carbocycles. The van der Waals surface area contributed by atoms with Crippen LogP contribution < -0.4 is 15.4 Å². The van der Waals surface area contributed by atoms with Gasteiger partial charge in [0, 0.05) is 25.4 Å². The summed E-state index contributed by atoms with van der Waals surface area (Å²) in [5.74, 6) is -0.297. The van der Waals surface area contributed by atoms with E-state index in [1.165, 1.54) is 54.9 Å². The van der Waals surface area contributed by atoms with Crippen LogP contribution in [-0.2, 0) is 27.5 Å². The molecular formula is C22H21F3N4O4S. The number of amides is 1. The quantitative estimate of drug-likeness (QED) is 0.294. The zero-order valence-corrected chi connectivity index (χ0v) is 18.5. The van der Waals surface area contributed by atoms with Gasteiger partial charge in [0.05, 0.1) is 23.3 Å². The number of hydrogen-bond acceptors (Lipinski definition) is 6. The molecule has 0 radical (unpaired) electrons. The zero-order valence-electron chi connectivity index (χ0n) is 17.7. The lowest BCUT2D eigenvalue weighted by Gasteiger charge is -2.13. The van der Waals surface area contributed by atoms with Gasteiger partial charge in [-0.25, -0.2) is 18.1 Å². The fraction of sp³-hybridized carbons (Fsp3) is 0.182. The van der Waals surface area contributed by atoms with Crippen molar-refractivity contribution in [2.45, 2.75) is 17.6 Å². The Hall–Kier alpha value is -3.64. The summed E-state index contributed by atoms with van der Waals surface area (Å²) in [6.45, 7) is 0.122. The number of benzene rings is 1. The first-order valence-corrected chi connectivity index (χ1v) is 11.5. The Morgan fingerprint density at radius 3 is 2.50 bits per heavy atom. The summed E-state index contributed by atoms with van der Waals surface area (Å²) >= 11 is 0. The lowest BCUT2D eigenvalue weighted by atomic mass is 10.2. The van der Waals surface area contributed by atoms with Crippen molar-refractivity contribution in [3.05, 3.63) is 84.0 Å². The van der Waals surface area contributed by atoms with Gasteiger partial charge in [0.1, 0.15) is 11.6 Å². The Labute approximate surface area is 193 Å². The van der Waals surface area contributed by atoms with Crippen LogP contribution in [0.15, 0.2) is 76.4 Å². The minimum atomic E-state index is -4.53. The molecule has 0 bridgehead atoms. The van der Waals surface area contributed by atoms with Crippen LogP contribution in [0.1, 0.15) is 16.9 Å². The standard InChI is InChI=1S/C22H21F3N4O4S/c23-22(24,25)19-4-1-11-27-21(19)28-13-12-26-20(30)10-7-16-5-8-18(9-6-16)34(31,32)29-15-17-3-2-14-33-17/h1-11,14,29H,12-13,15H2,(H,26,30)(H,27,28)/b10-7+. The summed E-state index contributed by atoms with van der Waals surface area (Å²) in [5.41, 5.74) is -0.301. The average Bonchev–Trinajstić information content (AvgIpc) is 3.33. The molecule has 0 aliphatic rings. The van der Waals surface area contributed by atoms with E-state index in [9.17, 15) is 26.4 Å². The minimum absolute atomic E-state index is 0.0177. The van der Waals surface area contributed by atoms with E-state index in [0.29, 0.717) is 11.3 Å². The molecule has 3 aromatic rings. The monoisotopic (exact) mass is 494 g/mol. The molecule has 0 aliphatic heterocycles. The maximum Gasteiger partial charge on any atom is 0.419 e. The third-order valence-corrected chi connectivity index (χ3v) is 5.88. The molecule has 34 heavy (non-hydrogen) atoms.